The first kappa shape index (κ1) is 20.4. The number of amides is 1. The average Bonchev–Trinajstić information content (AvgIpc) is 2.59. The van der Waals surface area contributed by atoms with Gasteiger partial charge in [-0.1, -0.05) is 0 Å². The summed E-state index contributed by atoms with van der Waals surface area (Å²) in [4.78, 5) is 14.2. The molecule has 0 saturated carbocycles. The molecule has 0 bridgehead atoms. The predicted molar refractivity (Wildman–Crippen MR) is 106 cm³/mol. The van der Waals surface area contributed by atoms with Crippen molar-refractivity contribution in [3.8, 4) is 5.75 Å². The van der Waals surface area contributed by atoms with Gasteiger partial charge < -0.3 is 14.8 Å². The highest BCUT2D eigenvalue weighted by molar-refractivity contribution is 7.80. The number of ether oxygens (including phenoxy) is 2. The molecule has 2 atom stereocenters. The fraction of sp³-hybridized carbons (Fsp3) is 0.556. The Bertz CT molecular complexity index is 587. The first-order valence-electron chi connectivity index (χ1n) is 8.92. The number of carbonyl (C=O) groups excluding carboxylic acids is 1. The van der Waals surface area contributed by atoms with E-state index in [0.29, 0.717) is 24.7 Å². The molecule has 1 saturated heterocycles. The summed E-state index contributed by atoms with van der Waals surface area (Å²) in [6.07, 6.45) is 0.801. The zero-order valence-corrected chi connectivity index (χ0v) is 16.4. The smallest absolute Gasteiger partial charge is 0.239 e. The van der Waals surface area contributed by atoms with Crippen molar-refractivity contribution >= 4 is 28.9 Å². The second-order valence-corrected chi connectivity index (χ2v) is 6.76. The third kappa shape index (κ3) is 7.15. The van der Waals surface area contributed by atoms with Gasteiger partial charge in [0, 0.05) is 31.7 Å². The van der Waals surface area contributed by atoms with E-state index in [1.165, 1.54) is 0 Å². The number of hydrogen-bond acceptors (Lipinski definition) is 5. The molecule has 2 rings (SSSR count). The molecule has 3 N–H and O–H groups in total. The van der Waals surface area contributed by atoms with Crippen molar-refractivity contribution in [3.63, 3.8) is 0 Å². The number of thiocarbonyl (C=S) groups is 1. The highest BCUT2D eigenvalue weighted by atomic mass is 32.1. The van der Waals surface area contributed by atoms with E-state index in [2.05, 4.69) is 34.9 Å². The average molecular weight is 381 g/mol. The molecular weight excluding hydrogens is 352 g/mol. The van der Waals surface area contributed by atoms with Crippen LogP contribution in [0.4, 0.5) is 5.69 Å². The van der Waals surface area contributed by atoms with E-state index in [1.54, 1.807) is 0 Å². The van der Waals surface area contributed by atoms with E-state index in [9.17, 15) is 4.79 Å². The summed E-state index contributed by atoms with van der Waals surface area (Å²) in [7, 11) is 0. The van der Waals surface area contributed by atoms with Crippen LogP contribution in [0.1, 0.15) is 27.2 Å². The molecule has 0 aromatic heterocycles. The normalized spacial score (nSPS) is 20.3. The lowest BCUT2D eigenvalue weighted by Crippen LogP contribution is -2.48. The molecule has 1 amide bonds. The number of hydrogen-bond donors (Lipinski definition) is 3. The summed E-state index contributed by atoms with van der Waals surface area (Å²) in [6.45, 7) is 9.07. The van der Waals surface area contributed by atoms with Crippen molar-refractivity contribution in [2.24, 2.45) is 0 Å². The molecule has 144 valence electrons. The highest BCUT2D eigenvalue weighted by Gasteiger charge is 2.22. The van der Waals surface area contributed by atoms with Gasteiger partial charge in [-0.25, -0.2) is 0 Å². The number of rotatable bonds is 6. The maximum absolute atomic E-state index is 12.0. The minimum absolute atomic E-state index is 0.104. The Kier molecular flexibility index (Phi) is 8.08. The molecule has 1 fully saturated rings. The summed E-state index contributed by atoms with van der Waals surface area (Å²) in [6, 6.07) is 7.44. The third-order valence-corrected chi connectivity index (χ3v) is 4.09. The summed E-state index contributed by atoms with van der Waals surface area (Å²) in [5, 5.41) is 3.34. The van der Waals surface area contributed by atoms with Crippen molar-refractivity contribution in [1.29, 1.82) is 0 Å². The molecule has 1 aliphatic heterocycles. The first-order valence-corrected chi connectivity index (χ1v) is 9.33. The molecule has 0 aliphatic carbocycles. The van der Waals surface area contributed by atoms with Crippen molar-refractivity contribution in [2.75, 3.05) is 31.6 Å². The number of morpholine rings is 1. The third-order valence-electron chi connectivity index (χ3n) is 3.89. The van der Waals surface area contributed by atoms with Crippen LogP contribution in [-0.2, 0) is 9.53 Å². The zero-order chi connectivity index (χ0) is 18.9. The van der Waals surface area contributed by atoms with Gasteiger partial charge >= 0.3 is 0 Å². The molecule has 1 aliphatic rings. The van der Waals surface area contributed by atoms with E-state index < -0.39 is 0 Å². The Labute approximate surface area is 160 Å². The molecular formula is C18H28N4O3S. The van der Waals surface area contributed by atoms with Crippen molar-refractivity contribution in [2.45, 2.75) is 39.4 Å². The van der Waals surface area contributed by atoms with Gasteiger partial charge in [-0.3, -0.25) is 20.5 Å². The lowest BCUT2D eigenvalue weighted by atomic mass is 10.2. The number of carbonyl (C=O) groups is 1. The van der Waals surface area contributed by atoms with Gasteiger partial charge in [0.05, 0.1) is 18.8 Å². The van der Waals surface area contributed by atoms with E-state index in [4.69, 9.17) is 21.7 Å². The SMILES string of the molecule is CCOc1ccc(NC(=S)NNC(=O)CCN2C[C@@H](C)O[C@@H](C)C2)cc1. The molecule has 1 aromatic carbocycles. The molecule has 1 aromatic rings. The fourth-order valence-corrected chi connectivity index (χ4v) is 3.05. The largest absolute Gasteiger partial charge is 0.494 e. The van der Waals surface area contributed by atoms with E-state index in [1.807, 2.05) is 31.2 Å². The van der Waals surface area contributed by atoms with Crippen molar-refractivity contribution < 1.29 is 14.3 Å². The molecule has 0 radical (unpaired) electrons. The summed E-state index contributed by atoms with van der Waals surface area (Å²) in [5.41, 5.74) is 6.16. The van der Waals surface area contributed by atoms with Gasteiger partial charge in [0.25, 0.3) is 0 Å². The van der Waals surface area contributed by atoms with Gasteiger partial charge in [-0.15, -0.1) is 0 Å². The summed E-state index contributed by atoms with van der Waals surface area (Å²) < 4.78 is 11.1. The van der Waals surface area contributed by atoms with Gasteiger partial charge in [0.15, 0.2) is 5.11 Å². The fourth-order valence-electron chi connectivity index (χ4n) is 2.88. The second-order valence-electron chi connectivity index (χ2n) is 6.35. The minimum atomic E-state index is -0.104. The van der Waals surface area contributed by atoms with Crippen LogP contribution in [-0.4, -0.2) is 54.4 Å². The zero-order valence-electron chi connectivity index (χ0n) is 15.6. The van der Waals surface area contributed by atoms with Crippen molar-refractivity contribution in [3.05, 3.63) is 24.3 Å². The Morgan fingerprint density at radius 1 is 1.23 bits per heavy atom. The Balaban J connectivity index is 1.65. The number of nitrogens with one attached hydrogen (secondary N) is 3. The minimum Gasteiger partial charge on any atom is -0.494 e. The van der Waals surface area contributed by atoms with Gasteiger partial charge in [-0.2, -0.15) is 0 Å². The lowest BCUT2D eigenvalue weighted by Gasteiger charge is -2.35. The van der Waals surface area contributed by atoms with E-state index in [0.717, 1.165) is 24.5 Å². The number of nitrogens with zero attached hydrogens (tertiary/aromatic N) is 1. The van der Waals surface area contributed by atoms with Crippen molar-refractivity contribution in [1.82, 2.24) is 15.8 Å². The highest BCUT2D eigenvalue weighted by Crippen LogP contribution is 2.15. The van der Waals surface area contributed by atoms with Crippen LogP contribution in [0.5, 0.6) is 5.75 Å². The first-order chi connectivity index (χ1) is 12.5. The van der Waals surface area contributed by atoms with Crippen LogP contribution >= 0.6 is 12.2 Å². The van der Waals surface area contributed by atoms with Crippen LogP contribution in [0, 0.1) is 0 Å². The molecule has 0 spiro atoms. The maximum Gasteiger partial charge on any atom is 0.239 e. The van der Waals surface area contributed by atoms with Crippen LogP contribution in [0.2, 0.25) is 0 Å². The molecule has 26 heavy (non-hydrogen) atoms. The number of hydrazine groups is 1. The van der Waals surface area contributed by atoms with Gasteiger partial charge in [0.2, 0.25) is 5.91 Å². The van der Waals surface area contributed by atoms with E-state index in [-0.39, 0.29) is 18.1 Å². The van der Waals surface area contributed by atoms with Gasteiger partial charge in [0.1, 0.15) is 5.75 Å². The van der Waals surface area contributed by atoms with Crippen LogP contribution in [0.3, 0.4) is 0 Å². The Morgan fingerprint density at radius 3 is 2.50 bits per heavy atom. The maximum atomic E-state index is 12.0. The number of anilines is 1. The van der Waals surface area contributed by atoms with Crippen LogP contribution < -0.4 is 20.9 Å². The molecule has 8 heteroatoms. The Hall–Kier alpha value is -1.90. The predicted octanol–water partition coefficient (Wildman–Crippen LogP) is 1.90. The molecule has 1 heterocycles. The second kappa shape index (κ2) is 10.3. The lowest BCUT2D eigenvalue weighted by molar-refractivity contribution is -0.123. The molecule has 7 nitrogen and oxygen atoms in total. The van der Waals surface area contributed by atoms with E-state index >= 15 is 0 Å². The monoisotopic (exact) mass is 380 g/mol. The Morgan fingerprint density at radius 2 is 1.88 bits per heavy atom. The van der Waals surface area contributed by atoms with Gasteiger partial charge in [-0.05, 0) is 57.3 Å². The molecule has 0 unspecified atom stereocenters. The van der Waals surface area contributed by atoms with Crippen LogP contribution in [0.15, 0.2) is 24.3 Å². The number of benzene rings is 1. The quantitative estimate of drug-likeness (QED) is 0.514. The summed E-state index contributed by atoms with van der Waals surface area (Å²) in [5.74, 6) is 0.699. The standard InChI is InChI=1S/C18H28N4O3S/c1-4-24-16-7-5-15(6-8-16)19-18(26)21-20-17(23)9-10-22-11-13(2)25-14(3)12-22/h5-8,13-14H,4,9-12H2,1-3H3,(H,20,23)(H2,19,21,26)/t13-,14+. The summed E-state index contributed by atoms with van der Waals surface area (Å²) >= 11 is 5.18. The van der Waals surface area contributed by atoms with Crippen LogP contribution in [0.25, 0.3) is 0 Å². The topological polar surface area (TPSA) is 74.9 Å².